The van der Waals surface area contributed by atoms with E-state index in [1.54, 1.807) is 29.3 Å². The van der Waals surface area contributed by atoms with Crippen molar-refractivity contribution in [1.29, 1.82) is 0 Å². The number of nitrogens with zero attached hydrogens (tertiary/aromatic N) is 5. The van der Waals surface area contributed by atoms with Gasteiger partial charge in [-0.1, -0.05) is 4.49 Å². The van der Waals surface area contributed by atoms with Gasteiger partial charge in [0.15, 0.2) is 5.65 Å². The zero-order chi connectivity index (χ0) is 12.5. The van der Waals surface area contributed by atoms with Gasteiger partial charge < -0.3 is 4.98 Å². The minimum absolute atomic E-state index is 0.204. The van der Waals surface area contributed by atoms with Crippen LogP contribution in [-0.2, 0) is 7.05 Å². The number of aromatic amines is 1. The molecule has 0 aliphatic carbocycles. The van der Waals surface area contributed by atoms with Gasteiger partial charge in [-0.2, -0.15) is 5.10 Å². The van der Waals surface area contributed by atoms with Gasteiger partial charge in [0.2, 0.25) is 0 Å². The van der Waals surface area contributed by atoms with E-state index in [0.717, 1.165) is 5.69 Å². The SMILES string of the molecule is Cn1ncc2c(=O)[nH]c(/C=C/c3csnn3)nc21. The first-order chi connectivity index (χ1) is 8.74. The van der Waals surface area contributed by atoms with Gasteiger partial charge in [0, 0.05) is 12.4 Å². The topological polar surface area (TPSA) is 89.4 Å². The highest BCUT2D eigenvalue weighted by atomic mass is 32.1. The number of aromatic nitrogens is 6. The Morgan fingerprint density at radius 3 is 3.11 bits per heavy atom. The van der Waals surface area contributed by atoms with Crippen LogP contribution >= 0.6 is 11.5 Å². The molecule has 3 rings (SSSR count). The quantitative estimate of drug-likeness (QED) is 0.731. The van der Waals surface area contributed by atoms with Crippen molar-refractivity contribution in [3.8, 4) is 0 Å². The average Bonchev–Trinajstić information content (AvgIpc) is 2.98. The van der Waals surface area contributed by atoms with Gasteiger partial charge in [-0.3, -0.25) is 9.48 Å². The molecule has 0 unspecified atom stereocenters. The molecule has 18 heavy (non-hydrogen) atoms. The van der Waals surface area contributed by atoms with Crippen LogP contribution < -0.4 is 5.56 Å². The Labute approximate surface area is 105 Å². The molecule has 8 heteroatoms. The highest BCUT2D eigenvalue weighted by Gasteiger charge is 2.06. The smallest absolute Gasteiger partial charge is 0.262 e. The summed E-state index contributed by atoms with van der Waals surface area (Å²) in [6, 6.07) is 0. The Morgan fingerprint density at radius 1 is 1.44 bits per heavy atom. The summed E-state index contributed by atoms with van der Waals surface area (Å²) in [5, 5.41) is 10.1. The van der Waals surface area contributed by atoms with E-state index in [1.165, 1.54) is 17.7 Å². The molecule has 0 fully saturated rings. The Bertz CT molecular complexity index is 769. The normalized spacial score (nSPS) is 11.6. The standard InChI is InChI=1S/C10H8N6OS/c1-16-9-7(4-11-16)10(17)13-8(12-9)3-2-6-5-18-15-14-6/h2-5H,1H3,(H,12,13,17)/b3-2+. The fourth-order valence-electron chi connectivity index (χ4n) is 1.54. The second kappa shape index (κ2) is 4.15. The van der Waals surface area contributed by atoms with E-state index in [1.807, 2.05) is 0 Å². The van der Waals surface area contributed by atoms with Gasteiger partial charge in [0.25, 0.3) is 5.56 Å². The molecule has 0 aliphatic rings. The van der Waals surface area contributed by atoms with Crippen molar-refractivity contribution in [2.75, 3.05) is 0 Å². The summed E-state index contributed by atoms with van der Waals surface area (Å²) in [5.74, 6) is 0.462. The van der Waals surface area contributed by atoms with Gasteiger partial charge in [-0.05, 0) is 23.7 Å². The highest BCUT2D eigenvalue weighted by molar-refractivity contribution is 7.03. The molecule has 0 saturated carbocycles. The largest absolute Gasteiger partial charge is 0.306 e. The number of aryl methyl sites for hydroxylation is 1. The molecular weight excluding hydrogens is 252 g/mol. The van der Waals surface area contributed by atoms with E-state index < -0.39 is 0 Å². The van der Waals surface area contributed by atoms with E-state index in [0.29, 0.717) is 16.9 Å². The number of H-pyrrole nitrogens is 1. The molecule has 0 radical (unpaired) electrons. The molecular formula is C10H8N6OS. The highest BCUT2D eigenvalue weighted by Crippen LogP contribution is 2.07. The van der Waals surface area contributed by atoms with Crippen LogP contribution in [0.15, 0.2) is 16.4 Å². The minimum Gasteiger partial charge on any atom is -0.306 e. The number of nitrogens with one attached hydrogen (secondary N) is 1. The van der Waals surface area contributed by atoms with E-state index >= 15 is 0 Å². The van der Waals surface area contributed by atoms with Crippen LogP contribution in [0.3, 0.4) is 0 Å². The van der Waals surface area contributed by atoms with Crippen LogP contribution in [0.1, 0.15) is 11.5 Å². The first kappa shape index (κ1) is 10.8. The molecule has 3 aromatic heterocycles. The van der Waals surface area contributed by atoms with E-state index in [4.69, 9.17) is 0 Å². The fourth-order valence-corrected chi connectivity index (χ4v) is 1.96. The van der Waals surface area contributed by atoms with Gasteiger partial charge in [0.1, 0.15) is 11.2 Å². The molecule has 90 valence electrons. The monoisotopic (exact) mass is 260 g/mol. The van der Waals surface area contributed by atoms with Crippen LogP contribution in [0.5, 0.6) is 0 Å². The van der Waals surface area contributed by atoms with Crippen molar-refractivity contribution in [2.24, 2.45) is 7.05 Å². The maximum atomic E-state index is 11.8. The summed E-state index contributed by atoms with van der Waals surface area (Å²) in [6.07, 6.45) is 4.92. The molecule has 0 aromatic carbocycles. The summed E-state index contributed by atoms with van der Waals surface area (Å²) in [4.78, 5) is 18.7. The second-order valence-electron chi connectivity index (χ2n) is 3.62. The summed E-state index contributed by atoms with van der Waals surface area (Å²) in [5.41, 5.74) is 1.08. The molecule has 0 spiro atoms. The molecule has 0 amide bonds. The molecule has 3 aromatic rings. The van der Waals surface area contributed by atoms with Crippen LogP contribution in [0.25, 0.3) is 23.2 Å². The van der Waals surface area contributed by atoms with Crippen molar-refractivity contribution < 1.29 is 0 Å². The summed E-state index contributed by atoms with van der Waals surface area (Å²) in [7, 11) is 1.74. The number of hydrogen-bond donors (Lipinski definition) is 1. The van der Waals surface area contributed by atoms with Crippen molar-refractivity contribution in [3.63, 3.8) is 0 Å². The average molecular weight is 260 g/mol. The Hall–Kier alpha value is -2.35. The first-order valence-corrected chi connectivity index (χ1v) is 5.95. The second-order valence-corrected chi connectivity index (χ2v) is 4.23. The predicted octanol–water partition coefficient (Wildman–Crippen LogP) is 0.678. The molecule has 0 atom stereocenters. The zero-order valence-electron chi connectivity index (χ0n) is 9.36. The van der Waals surface area contributed by atoms with Gasteiger partial charge >= 0.3 is 0 Å². The lowest BCUT2D eigenvalue weighted by molar-refractivity contribution is 0.784. The number of hydrogen-bond acceptors (Lipinski definition) is 6. The molecule has 0 aliphatic heterocycles. The maximum absolute atomic E-state index is 11.8. The lowest BCUT2D eigenvalue weighted by Gasteiger charge is -1.95. The van der Waals surface area contributed by atoms with Gasteiger partial charge in [0.05, 0.1) is 11.9 Å². The third kappa shape index (κ3) is 1.82. The van der Waals surface area contributed by atoms with E-state index in [-0.39, 0.29) is 5.56 Å². The molecule has 0 bridgehead atoms. The molecule has 3 heterocycles. The van der Waals surface area contributed by atoms with Crippen molar-refractivity contribution in [3.05, 3.63) is 33.4 Å². The third-order valence-electron chi connectivity index (χ3n) is 2.41. The molecule has 0 saturated heterocycles. The summed E-state index contributed by atoms with van der Waals surface area (Å²) < 4.78 is 5.30. The van der Waals surface area contributed by atoms with Gasteiger partial charge in [-0.15, -0.1) is 5.10 Å². The first-order valence-electron chi connectivity index (χ1n) is 5.11. The molecule has 1 N–H and O–H groups in total. The fraction of sp³-hybridized carbons (Fsp3) is 0.100. The Kier molecular flexibility index (Phi) is 2.49. The minimum atomic E-state index is -0.204. The maximum Gasteiger partial charge on any atom is 0.262 e. The zero-order valence-corrected chi connectivity index (χ0v) is 10.2. The number of rotatable bonds is 2. The lowest BCUT2D eigenvalue weighted by atomic mass is 10.4. The van der Waals surface area contributed by atoms with E-state index in [9.17, 15) is 4.79 Å². The van der Waals surface area contributed by atoms with Crippen LogP contribution in [0.4, 0.5) is 0 Å². The van der Waals surface area contributed by atoms with E-state index in [2.05, 4.69) is 24.7 Å². The predicted molar refractivity (Wildman–Crippen MR) is 68.0 cm³/mol. The summed E-state index contributed by atoms with van der Waals surface area (Å²) in [6.45, 7) is 0. The Balaban J connectivity index is 2.07. The lowest BCUT2D eigenvalue weighted by Crippen LogP contribution is -2.09. The molecule has 7 nitrogen and oxygen atoms in total. The van der Waals surface area contributed by atoms with Crippen molar-refractivity contribution in [2.45, 2.75) is 0 Å². The van der Waals surface area contributed by atoms with Crippen LogP contribution in [0, 0.1) is 0 Å². The Morgan fingerprint density at radius 2 is 2.33 bits per heavy atom. The van der Waals surface area contributed by atoms with Gasteiger partial charge in [-0.25, -0.2) is 4.98 Å². The van der Waals surface area contributed by atoms with Crippen LogP contribution in [-0.4, -0.2) is 29.3 Å². The van der Waals surface area contributed by atoms with Crippen molar-refractivity contribution >= 4 is 34.7 Å². The third-order valence-corrected chi connectivity index (χ3v) is 2.93. The van der Waals surface area contributed by atoms with Crippen LogP contribution in [0.2, 0.25) is 0 Å². The summed E-state index contributed by atoms with van der Waals surface area (Å²) >= 11 is 1.27. The van der Waals surface area contributed by atoms with Crippen molar-refractivity contribution in [1.82, 2.24) is 29.3 Å². The number of fused-ring (bicyclic) bond motifs is 1.